The van der Waals surface area contributed by atoms with Gasteiger partial charge < -0.3 is 44.6 Å². The summed E-state index contributed by atoms with van der Waals surface area (Å²) < 4.78 is 24.3. The number of nitrogens with zero attached hydrogens (tertiary/aromatic N) is 2. The number of fused-ring (bicyclic) bond motifs is 1. The molecule has 0 spiro atoms. The molecule has 0 unspecified atom stereocenters. The number of benzene rings is 1. The van der Waals surface area contributed by atoms with Crippen molar-refractivity contribution in [3.8, 4) is 10.4 Å². The van der Waals surface area contributed by atoms with Crippen LogP contribution in [-0.2, 0) is 44.4 Å². The summed E-state index contributed by atoms with van der Waals surface area (Å²) in [7, 11) is -2.07. The topological polar surface area (TPSA) is 195 Å². The largest absolute Gasteiger partial charge is 0.462 e. The molecule has 2 aromatic rings. The first-order valence-electron chi connectivity index (χ1n) is 24.7. The molecule has 4 amide bonds. The number of carbonyl (C=O) groups excluding carboxylic acids is 5. The maximum absolute atomic E-state index is 14.1. The van der Waals surface area contributed by atoms with Crippen LogP contribution in [0.15, 0.2) is 53.6 Å². The van der Waals surface area contributed by atoms with Gasteiger partial charge in [-0.05, 0) is 84.2 Å². The first-order chi connectivity index (χ1) is 32.4. The van der Waals surface area contributed by atoms with Crippen LogP contribution >= 0.6 is 11.3 Å². The fourth-order valence-corrected chi connectivity index (χ4v) is 12.0. The minimum atomic E-state index is -2.07. The molecule has 1 aromatic carbocycles. The van der Waals surface area contributed by atoms with E-state index in [1.165, 1.54) is 4.90 Å². The third kappa shape index (κ3) is 14.1. The predicted molar refractivity (Wildman–Crippen MR) is 268 cm³/mol. The zero-order valence-corrected chi connectivity index (χ0v) is 44.4. The van der Waals surface area contributed by atoms with Crippen LogP contribution in [0, 0.1) is 36.0 Å². The van der Waals surface area contributed by atoms with Crippen molar-refractivity contribution < 1.29 is 47.7 Å². The van der Waals surface area contributed by atoms with E-state index in [2.05, 4.69) is 86.9 Å². The number of β-amino-alcohol motifs (C(OH)–C–C–N with tert-alkyl or cyclic N) is 1. The molecule has 2 aliphatic heterocycles. The highest BCUT2D eigenvalue weighted by Gasteiger charge is 2.46. The van der Waals surface area contributed by atoms with E-state index in [0.29, 0.717) is 19.3 Å². The predicted octanol–water partition coefficient (Wildman–Crippen LogP) is 7.62. The van der Waals surface area contributed by atoms with Crippen molar-refractivity contribution in [2.45, 2.75) is 162 Å². The Kier molecular flexibility index (Phi) is 17.8. The number of allylic oxidation sites excluding steroid dienone is 3. The minimum Gasteiger partial charge on any atom is -0.462 e. The molecule has 2 saturated heterocycles. The molecule has 380 valence electrons. The summed E-state index contributed by atoms with van der Waals surface area (Å²) in [5, 5.41) is 19.2. The SMILES string of the molecule is Cc1ncsc1-c1ccc(CNC(=O)[C@@H]2C[C@@H](O)CN2C(=O)[C@@H](NC(=O)COCCNC(=O)O[C@H]2C[C@@H](C)C=C3C=C[C@H](C)[C@H](CC[C@@H]4C[C@@H](O[Si](C)(C)C(C)(C)C)CC(=O)O4)[C@H]32)C(C)(C)C)cc1. The van der Waals surface area contributed by atoms with E-state index in [0.717, 1.165) is 33.7 Å². The van der Waals surface area contributed by atoms with Crippen LogP contribution in [0.25, 0.3) is 10.4 Å². The second-order valence-electron chi connectivity index (χ2n) is 22.3. The van der Waals surface area contributed by atoms with Crippen LogP contribution in [0.4, 0.5) is 4.79 Å². The number of esters is 1. The van der Waals surface area contributed by atoms with Gasteiger partial charge in [0.1, 0.15) is 30.9 Å². The zero-order valence-electron chi connectivity index (χ0n) is 42.6. The van der Waals surface area contributed by atoms with Crippen molar-refractivity contribution in [1.29, 1.82) is 0 Å². The van der Waals surface area contributed by atoms with Crippen LogP contribution in [0.3, 0.4) is 0 Å². The second kappa shape index (κ2) is 22.8. The van der Waals surface area contributed by atoms with Gasteiger partial charge in [-0.2, -0.15) is 0 Å². The van der Waals surface area contributed by atoms with E-state index in [1.807, 2.05) is 57.5 Å². The maximum atomic E-state index is 14.1. The minimum absolute atomic E-state index is 0.0139. The molecule has 69 heavy (non-hydrogen) atoms. The zero-order chi connectivity index (χ0) is 50.4. The quantitative estimate of drug-likeness (QED) is 0.0692. The number of amides is 4. The van der Waals surface area contributed by atoms with E-state index in [-0.39, 0.29) is 105 Å². The summed E-state index contributed by atoms with van der Waals surface area (Å²) in [6.45, 7) is 22.7. The summed E-state index contributed by atoms with van der Waals surface area (Å²) in [4.78, 5) is 73.7. The molecule has 17 heteroatoms. The van der Waals surface area contributed by atoms with Gasteiger partial charge in [0.2, 0.25) is 17.7 Å². The number of cyclic esters (lactones) is 1. The van der Waals surface area contributed by atoms with Gasteiger partial charge in [0.25, 0.3) is 0 Å². The standard InChI is InChI=1S/C52H77N5O10SSi/c1-31-22-36-15-12-32(2)40(19-18-38-25-39(26-44(60)65-38)67-69(10,11)52(7,8)9)45(36)42(23-31)66-50(63)53-20-21-64-29-43(59)56-47(51(4,5)6)49(62)57-28-37(58)24-41(57)48(61)54-27-34-13-16-35(17-14-34)46-33(3)55-30-68-46/h12-17,22,30-32,37-42,45,47,58H,18-21,23-29H2,1-11H3,(H,53,63)(H,54,61)(H,56,59)/t31-,32-,37+,38+,39+,40-,41-,42-,45-,47+/m0/s1. The number of aromatic nitrogens is 1. The lowest BCUT2D eigenvalue weighted by atomic mass is 9.65. The molecule has 10 atom stereocenters. The summed E-state index contributed by atoms with van der Waals surface area (Å²) in [5.41, 5.74) is 5.11. The van der Waals surface area contributed by atoms with E-state index >= 15 is 0 Å². The summed E-state index contributed by atoms with van der Waals surface area (Å²) in [5.74, 6) is -1.02. The number of ether oxygens (including phenoxy) is 3. The van der Waals surface area contributed by atoms with Gasteiger partial charge in [-0.15, -0.1) is 11.3 Å². The Morgan fingerprint density at radius 3 is 2.41 bits per heavy atom. The summed E-state index contributed by atoms with van der Waals surface area (Å²) >= 11 is 1.57. The molecule has 4 N–H and O–H groups in total. The van der Waals surface area contributed by atoms with E-state index in [4.69, 9.17) is 18.6 Å². The molecule has 0 bridgehead atoms. The van der Waals surface area contributed by atoms with Crippen LogP contribution in [0.5, 0.6) is 0 Å². The molecule has 3 heterocycles. The lowest BCUT2D eigenvalue weighted by Crippen LogP contribution is -2.58. The number of aliphatic hydroxyl groups excluding tert-OH is 1. The smallest absolute Gasteiger partial charge is 0.407 e. The Hall–Kier alpha value is -4.42. The third-order valence-electron chi connectivity index (χ3n) is 14.6. The van der Waals surface area contributed by atoms with Gasteiger partial charge in [0.15, 0.2) is 8.32 Å². The lowest BCUT2D eigenvalue weighted by Gasteiger charge is -2.44. The van der Waals surface area contributed by atoms with Crippen molar-refractivity contribution in [2.75, 3.05) is 26.3 Å². The molecular weight excluding hydrogens is 915 g/mol. The van der Waals surface area contributed by atoms with Gasteiger partial charge in [-0.1, -0.05) is 97.9 Å². The molecular formula is C52H77N5O10SSi. The maximum Gasteiger partial charge on any atom is 0.407 e. The van der Waals surface area contributed by atoms with Crippen molar-refractivity contribution in [3.63, 3.8) is 0 Å². The molecule has 2 aliphatic carbocycles. The Balaban J connectivity index is 0.960. The van der Waals surface area contributed by atoms with Gasteiger partial charge in [-0.25, -0.2) is 9.78 Å². The number of hydrogen-bond acceptors (Lipinski definition) is 12. The number of rotatable bonds is 17. The lowest BCUT2D eigenvalue weighted by molar-refractivity contribution is -0.160. The molecule has 0 radical (unpaired) electrons. The highest BCUT2D eigenvalue weighted by molar-refractivity contribution is 7.13. The molecule has 2 fully saturated rings. The first kappa shape index (κ1) is 53.9. The number of hydrogen-bond donors (Lipinski definition) is 4. The third-order valence-corrected chi connectivity index (χ3v) is 20.1. The number of carbonyl (C=O) groups is 5. The number of aliphatic hydroxyl groups is 1. The van der Waals surface area contributed by atoms with Crippen LogP contribution in [0.2, 0.25) is 18.1 Å². The number of thiazole rings is 1. The van der Waals surface area contributed by atoms with Crippen LogP contribution in [0.1, 0.15) is 105 Å². The van der Waals surface area contributed by atoms with Gasteiger partial charge >= 0.3 is 12.1 Å². The van der Waals surface area contributed by atoms with Gasteiger partial charge in [0.05, 0.1) is 41.3 Å². The Bertz CT molecular complexity index is 2200. The Morgan fingerprint density at radius 2 is 1.74 bits per heavy atom. The second-order valence-corrected chi connectivity index (χ2v) is 27.9. The Morgan fingerprint density at radius 1 is 1.01 bits per heavy atom. The Labute approximate surface area is 414 Å². The highest BCUT2D eigenvalue weighted by Crippen LogP contribution is 2.46. The molecule has 4 aliphatic rings. The fourth-order valence-electron chi connectivity index (χ4n) is 9.86. The number of alkyl carbamates (subject to hydrolysis) is 1. The van der Waals surface area contributed by atoms with Crippen molar-refractivity contribution in [2.24, 2.45) is 29.1 Å². The monoisotopic (exact) mass is 992 g/mol. The highest BCUT2D eigenvalue weighted by atomic mass is 32.1. The average Bonchev–Trinajstić information content (AvgIpc) is 3.88. The average molecular weight is 992 g/mol. The van der Waals surface area contributed by atoms with Crippen molar-refractivity contribution >= 4 is 49.4 Å². The first-order valence-corrected chi connectivity index (χ1v) is 28.5. The van der Waals surface area contributed by atoms with Crippen molar-refractivity contribution in [1.82, 2.24) is 25.8 Å². The van der Waals surface area contributed by atoms with Gasteiger partial charge in [0, 0.05) is 38.4 Å². The molecule has 15 nitrogen and oxygen atoms in total. The van der Waals surface area contributed by atoms with Crippen LogP contribution in [-0.4, -0.2) is 116 Å². The van der Waals surface area contributed by atoms with E-state index in [1.54, 1.807) is 11.3 Å². The summed E-state index contributed by atoms with van der Waals surface area (Å²) in [6, 6.07) is 5.92. The van der Waals surface area contributed by atoms with E-state index in [9.17, 15) is 29.1 Å². The van der Waals surface area contributed by atoms with E-state index < -0.39 is 49.8 Å². The molecule has 6 rings (SSSR count). The van der Waals surface area contributed by atoms with Gasteiger partial charge in [-0.3, -0.25) is 19.2 Å². The fraction of sp³-hybridized carbons (Fsp3) is 0.654. The number of aryl methyl sites for hydroxylation is 1. The van der Waals surface area contributed by atoms with Crippen LogP contribution < -0.4 is 16.0 Å². The molecule has 0 saturated carbocycles. The number of nitrogens with one attached hydrogen (secondary N) is 3. The molecule has 1 aromatic heterocycles. The normalized spacial score (nSPS) is 26.6. The summed E-state index contributed by atoms with van der Waals surface area (Å²) in [6.07, 6.45) is 7.65. The number of likely N-dealkylation sites (tertiary alicyclic amines) is 1. The van der Waals surface area contributed by atoms with Crippen molar-refractivity contribution in [3.05, 3.63) is 64.8 Å².